The van der Waals surface area contributed by atoms with E-state index in [9.17, 15) is 9.59 Å². The molecule has 0 radical (unpaired) electrons. The number of anilines is 1. The summed E-state index contributed by atoms with van der Waals surface area (Å²) in [6, 6.07) is 4.08. The van der Waals surface area contributed by atoms with Crippen LogP contribution in [0.1, 0.15) is 5.69 Å². The van der Waals surface area contributed by atoms with Crippen molar-refractivity contribution in [2.24, 2.45) is 0 Å². The van der Waals surface area contributed by atoms with Gasteiger partial charge in [0.2, 0.25) is 0 Å². The molecule has 1 N–H and O–H groups in total. The lowest BCUT2D eigenvalue weighted by Gasteiger charge is -2.44. The summed E-state index contributed by atoms with van der Waals surface area (Å²) >= 11 is 0. The van der Waals surface area contributed by atoms with E-state index in [1.54, 1.807) is 11.1 Å². The summed E-state index contributed by atoms with van der Waals surface area (Å²) in [6.07, 6.45) is 1.80. The number of carbonyl (C=O) groups is 2. The number of amides is 2. The first-order valence-corrected chi connectivity index (χ1v) is 6.41. The fourth-order valence-corrected chi connectivity index (χ4v) is 2.68. The molecule has 100 valence electrons. The normalized spacial score (nSPS) is 23.1. The summed E-state index contributed by atoms with van der Waals surface area (Å²) in [5.41, 5.74) is 2.10. The largest absolute Gasteiger partial charge is 0.368 e. The summed E-state index contributed by atoms with van der Waals surface area (Å²) in [5.74, 6) is -0.883. The lowest BCUT2D eigenvalue weighted by atomic mass is 10.1. The second-order valence-corrected chi connectivity index (χ2v) is 4.96. The van der Waals surface area contributed by atoms with Gasteiger partial charge in [-0.15, -0.1) is 0 Å². The van der Waals surface area contributed by atoms with Crippen LogP contribution in [0.3, 0.4) is 0 Å². The Balaban J connectivity index is 1.76. The molecule has 0 bridgehead atoms. The third kappa shape index (κ3) is 2.14. The standard InChI is InChI=1S/C13H16N4O2/c1-9-6-10(2-3-14-9)16-4-5-17-11(8-16)7-15-12(18)13(17)19/h2-3,6,11H,4-5,7-8H2,1H3,(H,15,18). The molecule has 2 amide bonds. The van der Waals surface area contributed by atoms with E-state index in [2.05, 4.69) is 15.2 Å². The highest BCUT2D eigenvalue weighted by Gasteiger charge is 2.37. The summed E-state index contributed by atoms with van der Waals surface area (Å²) in [5, 5.41) is 2.65. The van der Waals surface area contributed by atoms with E-state index in [4.69, 9.17) is 0 Å². The van der Waals surface area contributed by atoms with Crippen LogP contribution in [0.15, 0.2) is 18.3 Å². The summed E-state index contributed by atoms with van der Waals surface area (Å²) in [7, 11) is 0. The van der Waals surface area contributed by atoms with Gasteiger partial charge in [0.25, 0.3) is 0 Å². The first-order valence-electron chi connectivity index (χ1n) is 6.41. The minimum atomic E-state index is -0.482. The maximum atomic E-state index is 11.7. The Morgan fingerprint density at radius 2 is 2.21 bits per heavy atom. The van der Waals surface area contributed by atoms with Crippen molar-refractivity contribution in [3.05, 3.63) is 24.0 Å². The summed E-state index contributed by atoms with van der Waals surface area (Å²) in [4.78, 5) is 31.2. The van der Waals surface area contributed by atoms with Crippen molar-refractivity contribution in [2.45, 2.75) is 13.0 Å². The van der Waals surface area contributed by atoms with Crippen LogP contribution in [-0.2, 0) is 9.59 Å². The summed E-state index contributed by atoms with van der Waals surface area (Å²) in [6.45, 7) is 4.59. The highest BCUT2D eigenvalue weighted by Crippen LogP contribution is 2.20. The molecule has 19 heavy (non-hydrogen) atoms. The second-order valence-electron chi connectivity index (χ2n) is 4.96. The SMILES string of the molecule is Cc1cc(N2CCN3C(=O)C(=O)NCC3C2)ccn1. The van der Waals surface area contributed by atoms with E-state index >= 15 is 0 Å². The van der Waals surface area contributed by atoms with Crippen molar-refractivity contribution < 1.29 is 9.59 Å². The third-order valence-electron chi connectivity index (χ3n) is 3.68. The fourth-order valence-electron chi connectivity index (χ4n) is 2.68. The Bertz CT molecular complexity index is 531. The van der Waals surface area contributed by atoms with Crippen LogP contribution in [0.4, 0.5) is 5.69 Å². The smallest absolute Gasteiger partial charge is 0.312 e. The average Bonchev–Trinajstić information content (AvgIpc) is 2.43. The number of carbonyl (C=O) groups excluding carboxylic acids is 2. The first-order chi connectivity index (χ1) is 9.15. The van der Waals surface area contributed by atoms with Crippen LogP contribution in [0.5, 0.6) is 0 Å². The monoisotopic (exact) mass is 260 g/mol. The second kappa shape index (κ2) is 4.53. The maximum absolute atomic E-state index is 11.7. The molecule has 6 nitrogen and oxygen atoms in total. The van der Waals surface area contributed by atoms with Crippen molar-refractivity contribution in [2.75, 3.05) is 31.1 Å². The average molecular weight is 260 g/mol. The number of pyridine rings is 1. The maximum Gasteiger partial charge on any atom is 0.312 e. The number of nitrogens with zero attached hydrogens (tertiary/aromatic N) is 3. The van der Waals surface area contributed by atoms with Gasteiger partial charge in [0.1, 0.15) is 0 Å². The van der Waals surface area contributed by atoms with Crippen LogP contribution in [-0.4, -0.2) is 53.9 Å². The van der Waals surface area contributed by atoms with Crippen LogP contribution < -0.4 is 10.2 Å². The Kier molecular flexibility index (Phi) is 2.85. The van der Waals surface area contributed by atoms with Crippen molar-refractivity contribution in [3.63, 3.8) is 0 Å². The zero-order valence-electron chi connectivity index (χ0n) is 10.8. The zero-order valence-corrected chi connectivity index (χ0v) is 10.8. The number of nitrogens with one attached hydrogen (secondary N) is 1. The van der Waals surface area contributed by atoms with Gasteiger partial charge in [0.15, 0.2) is 0 Å². The number of fused-ring (bicyclic) bond motifs is 1. The molecule has 2 aliphatic rings. The molecule has 2 aliphatic heterocycles. The van der Waals surface area contributed by atoms with Gasteiger partial charge in [-0.05, 0) is 19.1 Å². The number of rotatable bonds is 1. The lowest BCUT2D eigenvalue weighted by Crippen LogP contribution is -2.65. The lowest BCUT2D eigenvalue weighted by molar-refractivity contribution is -0.150. The van der Waals surface area contributed by atoms with Gasteiger partial charge in [-0.25, -0.2) is 0 Å². The van der Waals surface area contributed by atoms with Gasteiger partial charge in [-0.2, -0.15) is 0 Å². The number of hydrogen-bond donors (Lipinski definition) is 1. The van der Waals surface area contributed by atoms with Gasteiger partial charge < -0.3 is 15.1 Å². The Morgan fingerprint density at radius 1 is 1.37 bits per heavy atom. The van der Waals surface area contributed by atoms with E-state index in [1.807, 2.05) is 19.1 Å². The van der Waals surface area contributed by atoms with E-state index < -0.39 is 11.8 Å². The molecule has 0 aromatic carbocycles. The highest BCUT2D eigenvalue weighted by atomic mass is 16.2. The molecule has 1 aromatic rings. The van der Waals surface area contributed by atoms with E-state index in [0.29, 0.717) is 13.1 Å². The molecule has 2 saturated heterocycles. The minimum absolute atomic E-state index is 0.0624. The van der Waals surface area contributed by atoms with Crippen molar-refractivity contribution in [3.8, 4) is 0 Å². The van der Waals surface area contributed by atoms with Crippen molar-refractivity contribution in [1.29, 1.82) is 0 Å². The Morgan fingerprint density at radius 3 is 3.00 bits per heavy atom. The molecule has 3 rings (SSSR count). The Labute approximate surface area is 111 Å². The molecule has 1 unspecified atom stereocenters. The predicted molar refractivity (Wildman–Crippen MR) is 69.7 cm³/mol. The van der Waals surface area contributed by atoms with E-state index in [0.717, 1.165) is 24.5 Å². The molecule has 6 heteroatoms. The van der Waals surface area contributed by atoms with Gasteiger partial charge in [0.05, 0.1) is 6.04 Å². The minimum Gasteiger partial charge on any atom is -0.368 e. The quantitative estimate of drug-likeness (QED) is 0.694. The molecule has 0 aliphatic carbocycles. The van der Waals surface area contributed by atoms with Crippen molar-refractivity contribution in [1.82, 2.24) is 15.2 Å². The van der Waals surface area contributed by atoms with Crippen LogP contribution in [0.2, 0.25) is 0 Å². The van der Waals surface area contributed by atoms with Gasteiger partial charge in [-0.3, -0.25) is 14.6 Å². The van der Waals surface area contributed by atoms with Crippen LogP contribution in [0, 0.1) is 6.92 Å². The third-order valence-corrected chi connectivity index (χ3v) is 3.68. The predicted octanol–water partition coefficient (Wildman–Crippen LogP) is -0.463. The van der Waals surface area contributed by atoms with E-state index in [1.165, 1.54) is 0 Å². The number of aryl methyl sites for hydroxylation is 1. The van der Waals surface area contributed by atoms with E-state index in [-0.39, 0.29) is 6.04 Å². The number of piperazine rings is 2. The molecule has 0 saturated carbocycles. The fraction of sp³-hybridized carbons (Fsp3) is 0.462. The zero-order chi connectivity index (χ0) is 13.4. The Hall–Kier alpha value is -2.11. The molecule has 0 spiro atoms. The van der Waals surface area contributed by atoms with Crippen LogP contribution >= 0.6 is 0 Å². The summed E-state index contributed by atoms with van der Waals surface area (Å²) < 4.78 is 0. The highest BCUT2D eigenvalue weighted by molar-refractivity contribution is 6.35. The number of hydrogen-bond acceptors (Lipinski definition) is 4. The molecule has 1 aromatic heterocycles. The first kappa shape index (κ1) is 12.0. The molecular weight excluding hydrogens is 244 g/mol. The topological polar surface area (TPSA) is 65.5 Å². The van der Waals surface area contributed by atoms with Crippen molar-refractivity contribution >= 4 is 17.5 Å². The molecular formula is C13H16N4O2. The van der Waals surface area contributed by atoms with Gasteiger partial charge in [-0.1, -0.05) is 0 Å². The van der Waals surface area contributed by atoms with Crippen LogP contribution in [0.25, 0.3) is 0 Å². The van der Waals surface area contributed by atoms with Gasteiger partial charge in [0, 0.05) is 43.8 Å². The number of aromatic nitrogens is 1. The molecule has 1 atom stereocenters. The molecule has 2 fully saturated rings. The molecule has 3 heterocycles. The van der Waals surface area contributed by atoms with Gasteiger partial charge >= 0.3 is 11.8 Å².